The van der Waals surface area contributed by atoms with Gasteiger partial charge in [-0.25, -0.2) is 0 Å². The molecule has 3 heterocycles. The molecule has 3 saturated heterocycles. The van der Waals surface area contributed by atoms with Gasteiger partial charge in [0.1, 0.15) is 48.1 Å². The van der Waals surface area contributed by atoms with Crippen LogP contribution in [0.4, 0.5) is 0 Å². The second kappa shape index (κ2) is 32.6. The smallest absolute Gasteiger partial charge is 0.248 e. The van der Waals surface area contributed by atoms with Crippen molar-refractivity contribution in [2.75, 3.05) is 33.8 Å². The zero-order valence-corrected chi connectivity index (χ0v) is 47.5. The van der Waals surface area contributed by atoms with Crippen molar-refractivity contribution in [3.63, 3.8) is 0 Å². The van der Waals surface area contributed by atoms with E-state index in [-0.39, 0.29) is 25.0 Å². The number of unbranched alkanes of at least 4 members (excludes halogenated alkanes) is 5. The SMILES string of the molecule is CCC(C)CC(C)CCCCCCCCC(=O)NC1C[C@@H](O)C(OCCC(=O)N(C)C)NC(=O)C2[C@@H](O)CCN2C(=O)C([C@H](O)CC(N)=O)NC(=O)C(C(O)Cc2ccc(O)cc2)NC(=O)C2C[C@@H](O)CN2C(=O)C([C@@H](C)O)NC1=O. The molecule has 3 aliphatic rings. The molecule has 3 aliphatic heterocycles. The molecule has 81 heavy (non-hydrogen) atoms. The summed E-state index contributed by atoms with van der Waals surface area (Å²) in [5.41, 5.74) is 5.72. The zero-order valence-electron chi connectivity index (χ0n) is 47.5. The highest BCUT2D eigenvalue weighted by Gasteiger charge is 2.49. The summed E-state index contributed by atoms with van der Waals surface area (Å²) < 4.78 is 5.86. The maximum Gasteiger partial charge on any atom is 0.248 e. The van der Waals surface area contributed by atoms with Crippen molar-refractivity contribution >= 4 is 53.2 Å². The highest BCUT2D eigenvalue weighted by molar-refractivity contribution is 5.98. The molecule has 0 spiro atoms. The van der Waals surface area contributed by atoms with Crippen LogP contribution in [0.2, 0.25) is 0 Å². The Morgan fingerprint density at radius 3 is 1.99 bits per heavy atom. The number of benzene rings is 1. The number of phenols is 1. The monoisotopic (exact) mass is 1150 g/mol. The van der Waals surface area contributed by atoms with Crippen molar-refractivity contribution in [1.29, 1.82) is 0 Å². The van der Waals surface area contributed by atoms with Gasteiger partial charge in [0.15, 0.2) is 6.23 Å². The van der Waals surface area contributed by atoms with E-state index < -0.39 is 178 Å². The van der Waals surface area contributed by atoms with Gasteiger partial charge in [-0.2, -0.15) is 0 Å². The van der Waals surface area contributed by atoms with Gasteiger partial charge in [-0.15, -0.1) is 0 Å². The normalized spacial score (nSPS) is 27.3. The second-order valence-electron chi connectivity index (χ2n) is 22.4. The van der Waals surface area contributed by atoms with Crippen LogP contribution >= 0.6 is 0 Å². The quantitative estimate of drug-likeness (QED) is 0.0483. The number of nitrogens with one attached hydrogen (secondary N) is 5. The lowest BCUT2D eigenvalue weighted by Gasteiger charge is -2.34. The molecule has 14 N–H and O–H groups in total. The van der Waals surface area contributed by atoms with Crippen molar-refractivity contribution in [3.8, 4) is 5.75 Å². The van der Waals surface area contributed by atoms with E-state index in [9.17, 15) is 78.9 Å². The number of primary amides is 1. The summed E-state index contributed by atoms with van der Waals surface area (Å²) in [4.78, 5) is 128. The Morgan fingerprint density at radius 1 is 0.741 bits per heavy atom. The third-order valence-electron chi connectivity index (χ3n) is 15.3. The molecule has 0 aliphatic carbocycles. The third kappa shape index (κ3) is 20.7. The summed E-state index contributed by atoms with van der Waals surface area (Å²) in [7, 11) is 2.94. The molecule has 26 nitrogen and oxygen atoms in total. The maximum atomic E-state index is 14.7. The number of carbonyl (C=O) groups excluding carboxylic acids is 9. The van der Waals surface area contributed by atoms with E-state index in [0.29, 0.717) is 30.2 Å². The number of hydrogen-bond donors (Lipinski definition) is 13. The average Bonchev–Trinajstić information content (AvgIpc) is 4.15. The van der Waals surface area contributed by atoms with Gasteiger partial charge in [-0.1, -0.05) is 77.8 Å². The zero-order chi connectivity index (χ0) is 60.2. The second-order valence-corrected chi connectivity index (χ2v) is 22.4. The predicted molar refractivity (Wildman–Crippen MR) is 291 cm³/mol. The van der Waals surface area contributed by atoms with Crippen LogP contribution in [0.3, 0.4) is 0 Å². The number of rotatable bonds is 24. The van der Waals surface area contributed by atoms with Gasteiger partial charge in [0, 0.05) is 52.9 Å². The van der Waals surface area contributed by atoms with Gasteiger partial charge in [0.2, 0.25) is 53.2 Å². The predicted octanol–water partition coefficient (Wildman–Crippen LogP) is -2.33. The van der Waals surface area contributed by atoms with E-state index in [0.717, 1.165) is 55.2 Å². The lowest BCUT2D eigenvalue weighted by molar-refractivity contribution is -0.150. The highest BCUT2D eigenvalue weighted by atomic mass is 16.5. The Hall–Kier alpha value is -6.03. The molecule has 4 rings (SSSR count). The molecule has 10 unspecified atom stereocenters. The minimum Gasteiger partial charge on any atom is -0.508 e. The molecule has 456 valence electrons. The Labute approximate surface area is 473 Å². The molecule has 3 fully saturated rings. The molecule has 0 radical (unpaired) electrons. The first kappa shape index (κ1) is 67.5. The number of ether oxygens (including phenoxy) is 1. The number of fused-ring (bicyclic) bond motifs is 2. The summed E-state index contributed by atoms with van der Waals surface area (Å²) in [6.07, 6.45) is -7.48. The standard InChI is InChI=1S/C55H89N9O17/c1-7-30(2)24-31(3)14-12-10-8-9-11-13-15-43(73)57-36-27-41(71)53(81-23-21-44(74)62(5)6)61-52(78)48-38(68)20-22-63(48)55(80)47(40(70)28-42(56)72)60-51(77)46(39(69)25-33-16-18-34(66)19-17-33)59-50(76)37-26-35(67)29-64(37)54(79)45(32(4)65)58-49(36)75/h16-19,30-32,35-41,45-48,53,65-71H,7-15,20-29H2,1-6H3,(H2,56,72)(H,57,73)(H,58,75)(H,59,76)(H,60,77)(H,61,78)/t30?,31?,32-,35-,36?,37?,38+,39?,40-,41-,45?,46?,47?,48?,53?/m1/s1. The molecule has 1 aromatic carbocycles. The molecule has 26 heteroatoms. The molecular formula is C55H89N9O17. The van der Waals surface area contributed by atoms with Crippen LogP contribution in [-0.4, -0.2) is 217 Å². The Kier molecular flexibility index (Phi) is 27.1. The van der Waals surface area contributed by atoms with Crippen LogP contribution in [0.1, 0.15) is 130 Å². The van der Waals surface area contributed by atoms with E-state index in [1.54, 1.807) is 0 Å². The van der Waals surface area contributed by atoms with E-state index in [2.05, 4.69) is 47.4 Å². The van der Waals surface area contributed by atoms with Gasteiger partial charge in [-0.05, 0) is 55.7 Å². The van der Waals surface area contributed by atoms with Crippen LogP contribution in [-0.2, 0) is 54.3 Å². The van der Waals surface area contributed by atoms with Crippen molar-refractivity contribution in [2.45, 2.75) is 210 Å². The third-order valence-corrected chi connectivity index (χ3v) is 15.3. The van der Waals surface area contributed by atoms with Crippen LogP contribution in [0.15, 0.2) is 24.3 Å². The molecule has 0 bridgehead atoms. The van der Waals surface area contributed by atoms with Crippen LogP contribution in [0, 0.1) is 11.8 Å². The lowest BCUT2D eigenvalue weighted by Crippen LogP contribution is -2.64. The summed E-state index contributed by atoms with van der Waals surface area (Å²) in [5.74, 6) is -8.33. The summed E-state index contributed by atoms with van der Waals surface area (Å²) in [5, 5.41) is 90.3. The van der Waals surface area contributed by atoms with Crippen molar-refractivity contribution < 1.29 is 83.6 Å². The number of carbonyl (C=O) groups is 9. The van der Waals surface area contributed by atoms with Gasteiger partial charge in [0.05, 0.1) is 50.0 Å². The first-order valence-corrected chi connectivity index (χ1v) is 28.3. The van der Waals surface area contributed by atoms with Gasteiger partial charge >= 0.3 is 0 Å². The van der Waals surface area contributed by atoms with Crippen molar-refractivity contribution in [3.05, 3.63) is 29.8 Å². The van der Waals surface area contributed by atoms with Gasteiger partial charge < -0.3 is 87.5 Å². The number of hydrogen-bond acceptors (Lipinski definition) is 17. The molecular weight excluding hydrogens is 1060 g/mol. The average molecular weight is 1150 g/mol. The van der Waals surface area contributed by atoms with Crippen LogP contribution in [0.5, 0.6) is 5.75 Å². The topological polar surface area (TPSA) is 400 Å². The first-order chi connectivity index (χ1) is 38.2. The molecule has 0 saturated carbocycles. The van der Waals surface area contributed by atoms with Crippen molar-refractivity contribution in [2.24, 2.45) is 17.6 Å². The Bertz CT molecular complexity index is 2280. The number of nitrogens with two attached hydrogens (primary N) is 1. The number of aliphatic hydroxyl groups is 6. The maximum absolute atomic E-state index is 14.7. The Balaban J connectivity index is 1.77. The largest absolute Gasteiger partial charge is 0.508 e. The lowest BCUT2D eigenvalue weighted by atomic mass is 9.91. The molecule has 9 amide bonds. The Morgan fingerprint density at radius 2 is 1.36 bits per heavy atom. The van der Waals surface area contributed by atoms with Crippen molar-refractivity contribution in [1.82, 2.24) is 41.3 Å². The highest BCUT2D eigenvalue weighted by Crippen LogP contribution is 2.25. The summed E-state index contributed by atoms with van der Waals surface area (Å²) in [6, 6.07) is -6.12. The molecule has 15 atom stereocenters. The number of nitrogens with zero attached hydrogens (tertiary/aromatic N) is 3. The van der Waals surface area contributed by atoms with Gasteiger partial charge in [-0.3, -0.25) is 43.2 Å². The number of phenolic OH excluding ortho intramolecular Hbond substituents is 1. The molecule has 0 aromatic heterocycles. The number of aromatic hydroxyl groups is 1. The van der Waals surface area contributed by atoms with E-state index in [1.165, 1.54) is 49.7 Å². The van der Waals surface area contributed by atoms with Crippen LogP contribution < -0.4 is 32.3 Å². The number of amides is 9. The van der Waals surface area contributed by atoms with E-state index >= 15 is 0 Å². The summed E-state index contributed by atoms with van der Waals surface area (Å²) >= 11 is 0. The summed E-state index contributed by atoms with van der Waals surface area (Å²) in [6.45, 7) is 6.43. The minimum atomic E-state index is -2.19. The number of aliphatic hydroxyl groups excluding tert-OH is 6. The van der Waals surface area contributed by atoms with E-state index in [1.807, 2.05) is 0 Å². The molecule has 1 aromatic rings. The fourth-order valence-electron chi connectivity index (χ4n) is 10.4. The van der Waals surface area contributed by atoms with Crippen LogP contribution in [0.25, 0.3) is 0 Å². The fourth-order valence-corrected chi connectivity index (χ4v) is 10.4. The van der Waals surface area contributed by atoms with Gasteiger partial charge in [0.25, 0.3) is 0 Å². The fraction of sp³-hybridized carbons (Fsp3) is 0.727. The minimum absolute atomic E-state index is 0.0725. The first-order valence-electron chi connectivity index (χ1n) is 28.3. The van der Waals surface area contributed by atoms with E-state index in [4.69, 9.17) is 10.5 Å².